The first-order valence-corrected chi connectivity index (χ1v) is 8.92. The standard InChI is InChI=1S/C21H13N5O4/c1-28-21(27)17-11-18(30-26-17)20-25-24-19(29-20)14-10-16(12-6-8-22-9-7-12)23-15-5-3-2-4-13(14)15/h2-11H,1H3. The van der Waals surface area contributed by atoms with Crippen LogP contribution in [-0.2, 0) is 4.74 Å². The molecule has 30 heavy (non-hydrogen) atoms. The van der Waals surface area contributed by atoms with Gasteiger partial charge in [-0.15, -0.1) is 10.2 Å². The second-order valence-corrected chi connectivity index (χ2v) is 6.29. The van der Waals surface area contributed by atoms with Crippen LogP contribution >= 0.6 is 0 Å². The van der Waals surface area contributed by atoms with Crippen LogP contribution in [0.15, 0.2) is 69.9 Å². The Morgan fingerprint density at radius 1 is 1.00 bits per heavy atom. The van der Waals surface area contributed by atoms with Crippen molar-refractivity contribution in [3.8, 4) is 34.4 Å². The van der Waals surface area contributed by atoms with Crippen LogP contribution in [0, 0.1) is 0 Å². The summed E-state index contributed by atoms with van der Waals surface area (Å²) < 4.78 is 15.6. The summed E-state index contributed by atoms with van der Waals surface area (Å²) in [7, 11) is 1.26. The maximum absolute atomic E-state index is 11.6. The summed E-state index contributed by atoms with van der Waals surface area (Å²) in [6.07, 6.45) is 3.42. The number of aromatic nitrogens is 5. The predicted molar refractivity (Wildman–Crippen MR) is 105 cm³/mol. The van der Waals surface area contributed by atoms with Gasteiger partial charge in [0.25, 0.3) is 5.89 Å². The summed E-state index contributed by atoms with van der Waals surface area (Å²) in [5.74, 6) is -0.0670. The molecule has 9 heteroatoms. The molecule has 0 unspecified atom stereocenters. The molecule has 0 saturated carbocycles. The Hall–Kier alpha value is -4.40. The van der Waals surface area contributed by atoms with Crippen molar-refractivity contribution in [3.63, 3.8) is 0 Å². The molecule has 5 rings (SSSR count). The molecule has 0 aliphatic carbocycles. The van der Waals surface area contributed by atoms with Crippen LogP contribution in [0.25, 0.3) is 45.3 Å². The minimum absolute atomic E-state index is 0.0154. The van der Waals surface area contributed by atoms with Crippen molar-refractivity contribution in [2.45, 2.75) is 0 Å². The van der Waals surface area contributed by atoms with E-state index in [0.29, 0.717) is 0 Å². The van der Waals surface area contributed by atoms with E-state index < -0.39 is 5.97 Å². The zero-order valence-electron chi connectivity index (χ0n) is 15.6. The van der Waals surface area contributed by atoms with E-state index in [1.54, 1.807) is 12.4 Å². The number of nitrogens with zero attached hydrogens (tertiary/aromatic N) is 5. The van der Waals surface area contributed by atoms with Gasteiger partial charge in [-0.3, -0.25) is 4.98 Å². The Morgan fingerprint density at radius 2 is 1.80 bits per heavy atom. The molecule has 0 atom stereocenters. The number of esters is 1. The zero-order chi connectivity index (χ0) is 20.5. The average Bonchev–Trinajstić information content (AvgIpc) is 3.48. The first-order valence-electron chi connectivity index (χ1n) is 8.92. The number of benzene rings is 1. The van der Waals surface area contributed by atoms with Gasteiger partial charge in [-0.25, -0.2) is 9.78 Å². The summed E-state index contributed by atoms with van der Waals surface area (Å²) in [6, 6.07) is 14.7. The number of hydrogen-bond donors (Lipinski definition) is 0. The summed E-state index contributed by atoms with van der Waals surface area (Å²) in [4.78, 5) is 20.4. The van der Waals surface area contributed by atoms with E-state index in [-0.39, 0.29) is 23.2 Å². The number of fused-ring (bicyclic) bond motifs is 1. The maximum atomic E-state index is 11.6. The molecule has 0 radical (unpaired) electrons. The maximum Gasteiger partial charge on any atom is 0.360 e. The van der Waals surface area contributed by atoms with Crippen molar-refractivity contribution < 1.29 is 18.5 Å². The molecule has 4 heterocycles. The molecule has 0 aliphatic heterocycles. The molecule has 0 saturated heterocycles. The highest BCUT2D eigenvalue weighted by Gasteiger charge is 2.20. The third-order valence-corrected chi connectivity index (χ3v) is 4.46. The van der Waals surface area contributed by atoms with Crippen LogP contribution in [0.3, 0.4) is 0 Å². The summed E-state index contributed by atoms with van der Waals surface area (Å²) in [5.41, 5.74) is 3.18. The van der Waals surface area contributed by atoms with E-state index in [2.05, 4.69) is 25.1 Å². The van der Waals surface area contributed by atoms with Gasteiger partial charge in [0.15, 0.2) is 5.69 Å². The summed E-state index contributed by atoms with van der Waals surface area (Å²) in [5, 5.41) is 12.7. The van der Waals surface area contributed by atoms with Gasteiger partial charge in [0, 0.05) is 29.4 Å². The quantitative estimate of drug-likeness (QED) is 0.416. The van der Waals surface area contributed by atoms with Gasteiger partial charge >= 0.3 is 5.97 Å². The van der Waals surface area contributed by atoms with Crippen LogP contribution in [0.2, 0.25) is 0 Å². The lowest BCUT2D eigenvalue weighted by Crippen LogP contribution is -2.00. The SMILES string of the molecule is COC(=O)c1cc(-c2nnc(-c3cc(-c4ccncc4)nc4ccccc34)o2)on1. The Bertz CT molecular complexity index is 1360. The van der Waals surface area contributed by atoms with Gasteiger partial charge in [-0.1, -0.05) is 23.4 Å². The summed E-state index contributed by atoms with van der Waals surface area (Å²) in [6.45, 7) is 0. The molecule has 0 spiro atoms. The predicted octanol–water partition coefficient (Wildman–Crippen LogP) is 3.79. The van der Waals surface area contributed by atoms with Crippen LogP contribution < -0.4 is 0 Å². The van der Waals surface area contributed by atoms with E-state index in [4.69, 9.17) is 13.9 Å². The van der Waals surface area contributed by atoms with E-state index in [0.717, 1.165) is 27.7 Å². The zero-order valence-corrected chi connectivity index (χ0v) is 15.6. The van der Waals surface area contributed by atoms with Gasteiger partial charge in [0.2, 0.25) is 11.7 Å². The lowest BCUT2D eigenvalue weighted by molar-refractivity contribution is 0.0589. The number of rotatable bonds is 4. The number of carbonyl (C=O) groups is 1. The third-order valence-electron chi connectivity index (χ3n) is 4.46. The molecule has 0 bridgehead atoms. The van der Waals surface area contributed by atoms with Gasteiger partial charge < -0.3 is 13.7 Å². The monoisotopic (exact) mass is 399 g/mol. The molecule has 0 N–H and O–H groups in total. The summed E-state index contributed by atoms with van der Waals surface area (Å²) >= 11 is 0. The van der Waals surface area contributed by atoms with E-state index in [1.165, 1.54) is 13.2 Å². The topological polar surface area (TPSA) is 117 Å². The molecule has 0 fully saturated rings. The average molecular weight is 399 g/mol. The molecule has 0 amide bonds. The smallest absolute Gasteiger partial charge is 0.360 e. The van der Waals surface area contributed by atoms with Crippen LogP contribution in [0.5, 0.6) is 0 Å². The Balaban J connectivity index is 1.61. The Labute approximate surface area is 169 Å². The van der Waals surface area contributed by atoms with Crippen molar-refractivity contribution in [2.24, 2.45) is 0 Å². The molecular weight excluding hydrogens is 386 g/mol. The molecule has 4 aromatic heterocycles. The minimum atomic E-state index is -0.619. The number of para-hydroxylation sites is 1. The normalized spacial score (nSPS) is 11.0. The second-order valence-electron chi connectivity index (χ2n) is 6.29. The Morgan fingerprint density at radius 3 is 2.63 bits per heavy atom. The van der Waals surface area contributed by atoms with Crippen LogP contribution in [0.1, 0.15) is 10.5 Å². The van der Waals surface area contributed by atoms with Crippen molar-refractivity contribution in [2.75, 3.05) is 7.11 Å². The molecule has 5 aromatic rings. The lowest BCUT2D eigenvalue weighted by atomic mass is 10.0. The fraction of sp³-hybridized carbons (Fsp3) is 0.0476. The van der Waals surface area contributed by atoms with E-state index >= 15 is 0 Å². The second kappa shape index (κ2) is 7.21. The molecular formula is C21H13N5O4. The van der Waals surface area contributed by atoms with Gasteiger partial charge in [0.1, 0.15) is 0 Å². The van der Waals surface area contributed by atoms with Crippen molar-refractivity contribution in [1.29, 1.82) is 0 Å². The van der Waals surface area contributed by atoms with Crippen molar-refractivity contribution in [1.82, 2.24) is 25.3 Å². The third kappa shape index (κ3) is 3.08. The fourth-order valence-corrected chi connectivity index (χ4v) is 3.03. The number of pyridine rings is 2. The highest BCUT2D eigenvalue weighted by molar-refractivity contribution is 5.94. The van der Waals surface area contributed by atoms with E-state index in [1.807, 2.05) is 42.5 Å². The molecule has 0 aliphatic rings. The van der Waals surface area contributed by atoms with Crippen molar-refractivity contribution in [3.05, 3.63) is 66.6 Å². The highest BCUT2D eigenvalue weighted by atomic mass is 16.5. The first-order chi connectivity index (χ1) is 14.7. The van der Waals surface area contributed by atoms with Crippen molar-refractivity contribution >= 4 is 16.9 Å². The highest BCUT2D eigenvalue weighted by Crippen LogP contribution is 2.32. The molecule has 9 nitrogen and oxygen atoms in total. The largest absolute Gasteiger partial charge is 0.464 e. The minimum Gasteiger partial charge on any atom is -0.464 e. The molecule has 1 aromatic carbocycles. The van der Waals surface area contributed by atoms with Gasteiger partial charge in [0.05, 0.1) is 23.9 Å². The fourth-order valence-electron chi connectivity index (χ4n) is 3.03. The number of carbonyl (C=O) groups excluding carboxylic acids is 1. The number of hydrogen-bond acceptors (Lipinski definition) is 9. The first kappa shape index (κ1) is 17.7. The van der Waals surface area contributed by atoms with E-state index in [9.17, 15) is 4.79 Å². The molecule has 146 valence electrons. The Kier molecular flexibility index (Phi) is 4.25. The van der Waals surface area contributed by atoms with Gasteiger partial charge in [-0.2, -0.15) is 0 Å². The number of ether oxygens (including phenoxy) is 1. The lowest BCUT2D eigenvalue weighted by Gasteiger charge is -2.07. The van der Waals surface area contributed by atoms with Crippen LogP contribution in [0.4, 0.5) is 0 Å². The van der Waals surface area contributed by atoms with Crippen LogP contribution in [-0.4, -0.2) is 38.4 Å². The van der Waals surface area contributed by atoms with Gasteiger partial charge in [-0.05, 0) is 24.3 Å². The number of methoxy groups -OCH3 is 1.